The second kappa shape index (κ2) is 14.6. The van der Waals surface area contributed by atoms with Gasteiger partial charge in [-0.1, -0.05) is 30.3 Å². The SMILES string of the molecule is CN=CN=C(N)c1ccc(C2=CCN(C(=O)CN3CC[C@@]4(CCN(c5ccc(N)c(C(=N)c6ccc(OC(C)C)nc6)n5)C4=O)C3)CC2)cc1. The first-order valence-corrected chi connectivity index (χ1v) is 16.9. The number of anilines is 2. The van der Waals surface area contributed by atoms with E-state index in [-0.39, 0.29) is 30.2 Å². The molecule has 2 saturated heterocycles. The molecule has 260 valence electrons. The van der Waals surface area contributed by atoms with Crippen LogP contribution in [0.15, 0.2) is 70.8 Å². The standard InChI is InChI=1S/C37H44N10O3/c1-24(2)50-31-11-8-28(20-42-31)33(39)34-29(38)9-10-30(44-34)47-19-15-37(36(47)49)14-18-45(22-37)21-32(48)46-16-12-26(13-17-46)25-4-6-27(7-5-25)35(40)43-23-41-3/h4-12,20,23-24,39H,13-19,21-22,38H2,1-3H3,(H2,40,41,43)/t37-/m1/s1. The van der Waals surface area contributed by atoms with E-state index in [0.717, 1.165) is 17.5 Å². The van der Waals surface area contributed by atoms with Gasteiger partial charge in [-0.3, -0.25) is 29.8 Å². The predicted molar refractivity (Wildman–Crippen MR) is 196 cm³/mol. The summed E-state index contributed by atoms with van der Waals surface area (Å²) in [5, 5.41) is 8.79. The van der Waals surface area contributed by atoms with Crippen LogP contribution in [0.5, 0.6) is 5.88 Å². The van der Waals surface area contributed by atoms with Crippen molar-refractivity contribution in [2.24, 2.45) is 21.1 Å². The monoisotopic (exact) mass is 676 g/mol. The van der Waals surface area contributed by atoms with Crippen LogP contribution < -0.4 is 21.1 Å². The Kier molecular flexibility index (Phi) is 10.0. The summed E-state index contributed by atoms with van der Waals surface area (Å²) in [6.07, 6.45) is 7.21. The van der Waals surface area contributed by atoms with E-state index in [1.54, 1.807) is 42.4 Å². The van der Waals surface area contributed by atoms with Gasteiger partial charge in [-0.05, 0) is 69.0 Å². The highest BCUT2D eigenvalue weighted by atomic mass is 16.5. The molecule has 5 N–H and O–H groups in total. The minimum Gasteiger partial charge on any atom is -0.475 e. The third-order valence-electron chi connectivity index (χ3n) is 9.54. The molecule has 0 unspecified atom stereocenters. The zero-order valence-electron chi connectivity index (χ0n) is 28.8. The normalized spacial score (nSPS) is 20.0. The van der Waals surface area contributed by atoms with Crippen molar-refractivity contribution < 1.29 is 14.3 Å². The number of pyridine rings is 2. The second-order valence-corrected chi connectivity index (χ2v) is 13.3. The molecule has 3 aliphatic heterocycles. The van der Waals surface area contributed by atoms with Crippen molar-refractivity contribution in [2.45, 2.75) is 39.2 Å². The molecule has 0 radical (unpaired) electrons. The number of hydrogen-bond donors (Lipinski definition) is 3. The predicted octanol–water partition coefficient (Wildman–Crippen LogP) is 3.37. The van der Waals surface area contributed by atoms with Gasteiger partial charge in [-0.25, -0.2) is 15.0 Å². The number of rotatable bonds is 10. The Morgan fingerprint density at radius 1 is 1.08 bits per heavy atom. The van der Waals surface area contributed by atoms with Crippen LogP contribution in [0.4, 0.5) is 11.5 Å². The summed E-state index contributed by atoms with van der Waals surface area (Å²) in [6, 6.07) is 14.8. The maximum atomic E-state index is 13.9. The third-order valence-corrected chi connectivity index (χ3v) is 9.54. The molecule has 3 aromatic rings. The number of aromatic nitrogens is 2. The second-order valence-electron chi connectivity index (χ2n) is 13.3. The van der Waals surface area contributed by atoms with Crippen LogP contribution in [0.2, 0.25) is 0 Å². The molecule has 13 nitrogen and oxygen atoms in total. The van der Waals surface area contributed by atoms with Gasteiger partial charge in [-0.15, -0.1) is 0 Å². The number of ether oxygens (including phenoxy) is 1. The first kappa shape index (κ1) is 34.4. The summed E-state index contributed by atoms with van der Waals surface area (Å²) in [7, 11) is 1.64. The average Bonchev–Trinajstić information content (AvgIpc) is 3.68. The number of benzene rings is 1. The molecule has 1 spiro atoms. The van der Waals surface area contributed by atoms with Crippen molar-refractivity contribution in [1.29, 1.82) is 5.41 Å². The summed E-state index contributed by atoms with van der Waals surface area (Å²) in [5.41, 5.74) is 16.1. The molecule has 6 rings (SSSR count). The van der Waals surface area contributed by atoms with E-state index in [2.05, 4.69) is 30.9 Å². The number of nitrogens with zero attached hydrogens (tertiary/aromatic N) is 7. The van der Waals surface area contributed by atoms with E-state index >= 15 is 0 Å². The van der Waals surface area contributed by atoms with Crippen molar-refractivity contribution >= 4 is 46.8 Å². The van der Waals surface area contributed by atoms with Crippen molar-refractivity contribution in [3.63, 3.8) is 0 Å². The lowest BCUT2D eigenvalue weighted by molar-refractivity contribution is -0.132. The van der Waals surface area contributed by atoms with E-state index in [9.17, 15) is 9.59 Å². The summed E-state index contributed by atoms with van der Waals surface area (Å²) < 4.78 is 5.62. The Bertz CT molecular complexity index is 1850. The summed E-state index contributed by atoms with van der Waals surface area (Å²) in [5.74, 6) is 1.42. The van der Waals surface area contributed by atoms with Gasteiger partial charge in [0.05, 0.1) is 29.5 Å². The fourth-order valence-electron chi connectivity index (χ4n) is 6.80. The largest absolute Gasteiger partial charge is 0.475 e. The van der Waals surface area contributed by atoms with Crippen LogP contribution in [0.25, 0.3) is 5.57 Å². The number of carbonyl (C=O) groups is 2. The quantitative estimate of drug-likeness (QED) is 0.216. The lowest BCUT2D eigenvalue weighted by atomic mass is 9.85. The molecule has 5 heterocycles. The summed E-state index contributed by atoms with van der Waals surface area (Å²) in [4.78, 5) is 49.9. The molecule has 13 heteroatoms. The van der Waals surface area contributed by atoms with Gasteiger partial charge in [0.2, 0.25) is 17.7 Å². The minimum atomic E-state index is -0.564. The first-order chi connectivity index (χ1) is 24.1. The van der Waals surface area contributed by atoms with Crippen LogP contribution in [0.1, 0.15) is 55.5 Å². The van der Waals surface area contributed by atoms with Crippen LogP contribution in [0, 0.1) is 10.8 Å². The van der Waals surface area contributed by atoms with E-state index in [1.165, 1.54) is 11.9 Å². The molecule has 1 atom stereocenters. The first-order valence-electron chi connectivity index (χ1n) is 16.9. The molecule has 2 fully saturated rings. The Hall–Kier alpha value is -5.43. The third kappa shape index (κ3) is 7.27. The summed E-state index contributed by atoms with van der Waals surface area (Å²) in [6.45, 7) is 7.03. The van der Waals surface area contributed by atoms with Crippen LogP contribution in [-0.2, 0) is 9.59 Å². The summed E-state index contributed by atoms with van der Waals surface area (Å²) >= 11 is 0. The molecule has 0 saturated carbocycles. The van der Waals surface area contributed by atoms with Gasteiger partial charge < -0.3 is 21.1 Å². The number of carbonyl (C=O) groups excluding carboxylic acids is 2. The minimum absolute atomic E-state index is 0.00199. The topological polar surface area (TPSA) is 179 Å². The highest BCUT2D eigenvalue weighted by Gasteiger charge is 2.51. The molecule has 3 aliphatic rings. The van der Waals surface area contributed by atoms with Gasteiger partial charge in [0.1, 0.15) is 23.7 Å². The van der Waals surface area contributed by atoms with Crippen LogP contribution in [0.3, 0.4) is 0 Å². The molecule has 2 amide bonds. The van der Waals surface area contributed by atoms with Crippen LogP contribution in [-0.4, -0.2) is 102 Å². The molecule has 0 aliphatic carbocycles. The zero-order chi connectivity index (χ0) is 35.4. The van der Waals surface area contributed by atoms with Gasteiger partial charge >= 0.3 is 0 Å². The molecular formula is C37H44N10O3. The Morgan fingerprint density at radius 2 is 1.84 bits per heavy atom. The van der Waals surface area contributed by atoms with Crippen LogP contribution >= 0.6 is 0 Å². The van der Waals surface area contributed by atoms with Gasteiger partial charge in [0.15, 0.2) is 0 Å². The smallest absolute Gasteiger partial charge is 0.237 e. The number of amides is 2. The number of aliphatic imine (C=N–C) groups is 2. The lowest BCUT2D eigenvalue weighted by Crippen LogP contribution is -2.43. The average molecular weight is 677 g/mol. The molecular weight excluding hydrogens is 632 g/mol. The van der Waals surface area contributed by atoms with E-state index in [0.29, 0.717) is 80.0 Å². The number of nitrogens with two attached hydrogens (primary N) is 2. The highest BCUT2D eigenvalue weighted by molar-refractivity contribution is 6.13. The zero-order valence-corrected chi connectivity index (χ0v) is 28.8. The van der Waals surface area contributed by atoms with E-state index in [1.807, 2.05) is 43.0 Å². The number of hydrogen-bond acceptors (Lipinski definition) is 9. The molecule has 0 bridgehead atoms. The number of nitrogens with one attached hydrogen (secondary N) is 1. The van der Waals surface area contributed by atoms with Crippen molar-refractivity contribution in [2.75, 3.05) is 56.9 Å². The molecule has 2 aromatic heterocycles. The Morgan fingerprint density at radius 3 is 2.52 bits per heavy atom. The van der Waals surface area contributed by atoms with E-state index in [4.69, 9.17) is 21.6 Å². The number of nitrogen functional groups attached to an aromatic ring is 1. The molecule has 1 aromatic carbocycles. The van der Waals surface area contributed by atoms with Crippen molar-refractivity contribution in [3.8, 4) is 5.88 Å². The van der Waals surface area contributed by atoms with Gasteiger partial charge in [0, 0.05) is 56.6 Å². The number of likely N-dealkylation sites (tertiary alicyclic amines) is 1. The van der Waals surface area contributed by atoms with Gasteiger partial charge in [-0.2, -0.15) is 0 Å². The van der Waals surface area contributed by atoms with Crippen molar-refractivity contribution in [3.05, 3.63) is 83.2 Å². The lowest BCUT2D eigenvalue weighted by Gasteiger charge is -2.29. The van der Waals surface area contributed by atoms with Gasteiger partial charge in [0.25, 0.3) is 0 Å². The Balaban J connectivity index is 1.05. The van der Waals surface area contributed by atoms with E-state index < -0.39 is 5.41 Å². The number of amidine groups is 1. The maximum absolute atomic E-state index is 13.9. The maximum Gasteiger partial charge on any atom is 0.237 e. The fraction of sp³-hybridized carbons (Fsp3) is 0.378. The highest BCUT2D eigenvalue weighted by Crippen LogP contribution is 2.42. The fourth-order valence-corrected chi connectivity index (χ4v) is 6.80. The molecule has 50 heavy (non-hydrogen) atoms. The van der Waals surface area contributed by atoms with Crippen molar-refractivity contribution in [1.82, 2.24) is 19.8 Å². The Labute approximate surface area is 292 Å².